The monoisotopic (exact) mass is 291 g/mol. The quantitative estimate of drug-likeness (QED) is 0.659. The highest BCUT2D eigenvalue weighted by atomic mass is 35.5. The molecule has 0 radical (unpaired) electrons. The number of amides is 1. The van der Waals surface area contributed by atoms with Crippen LogP contribution in [0.1, 0.15) is 5.56 Å². The van der Waals surface area contributed by atoms with E-state index >= 15 is 0 Å². The van der Waals surface area contributed by atoms with Crippen molar-refractivity contribution in [3.63, 3.8) is 0 Å². The van der Waals surface area contributed by atoms with Gasteiger partial charge in [0.05, 0.1) is 7.11 Å². The zero-order valence-electron chi connectivity index (χ0n) is 10.1. The van der Waals surface area contributed by atoms with Crippen LogP contribution in [0.4, 0.5) is 8.78 Å². The van der Waals surface area contributed by atoms with Crippen molar-refractivity contribution in [3.8, 4) is 0 Å². The molecule has 0 spiro atoms. The third-order valence-electron chi connectivity index (χ3n) is 2.37. The fraction of sp³-hybridized carbons (Fsp3) is 0.333. The summed E-state index contributed by atoms with van der Waals surface area (Å²) in [5, 5.41) is 2.34. The summed E-state index contributed by atoms with van der Waals surface area (Å²) in [6.07, 6.45) is -0.0213. The second kappa shape index (κ2) is 7.04. The van der Waals surface area contributed by atoms with Crippen molar-refractivity contribution in [2.45, 2.75) is 12.5 Å². The number of benzene rings is 1. The Bertz CT molecular complexity index is 482. The Kier molecular flexibility index (Phi) is 5.69. The maximum absolute atomic E-state index is 13.0. The first-order chi connectivity index (χ1) is 8.97. The molecule has 0 aliphatic carbocycles. The highest BCUT2D eigenvalue weighted by Crippen LogP contribution is 2.11. The van der Waals surface area contributed by atoms with Crippen LogP contribution < -0.4 is 5.32 Å². The van der Waals surface area contributed by atoms with Gasteiger partial charge in [-0.25, -0.2) is 13.6 Å². The van der Waals surface area contributed by atoms with Gasteiger partial charge in [0.25, 0.3) is 0 Å². The van der Waals surface area contributed by atoms with Crippen LogP contribution in [0.3, 0.4) is 0 Å². The molecule has 1 atom stereocenters. The summed E-state index contributed by atoms with van der Waals surface area (Å²) in [5.41, 5.74) is 0.351. The number of methoxy groups -OCH3 is 1. The molecule has 4 nitrogen and oxygen atoms in total. The van der Waals surface area contributed by atoms with Gasteiger partial charge < -0.3 is 10.1 Å². The first-order valence-electron chi connectivity index (χ1n) is 5.35. The van der Waals surface area contributed by atoms with Gasteiger partial charge in [-0.05, 0) is 17.7 Å². The fourth-order valence-corrected chi connectivity index (χ4v) is 1.55. The Balaban J connectivity index is 2.84. The van der Waals surface area contributed by atoms with Crippen LogP contribution in [0, 0.1) is 11.6 Å². The average molecular weight is 292 g/mol. The van der Waals surface area contributed by atoms with Crippen LogP contribution >= 0.6 is 11.6 Å². The van der Waals surface area contributed by atoms with E-state index in [0.717, 1.165) is 19.2 Å². The maximum Gasteiger partial charge on any atom is 0.328 e. The van der Waals surface area contributed by atoms with Gasteiger partial charge in [-0.15, -0.1) is 11.6 Å². The summed E-state index contributed by atoms with van der Waals surface area (Å²) in [6.45, 7) is 0. The van der Waals surface area contributed by atoms with Crippen LogP contribution in [0.15, 0.2) is 18.2 Å². The molecular formula is C12H12ClF2NO3. The van der Waals surface area contributed by atoms with E-state index in [1.165, 1.54) is 6.07 Å². The lowest BCUT2D eigenvalue weighted by atomic mass is 10.1. The normalized spacial score (nSPS) is 11.8. The summed E-state index contributed by atoms with van der Waals surface area (Å²) in [6, 6.07) is 2.22. The maximum atomic E-state index is 13.0. The average Bonchev–Trinajstić information content (AvgIpc) is 2.41. The van der Waals surface area contributed by atoms with E-state index in [-0.39, 0.29) is 12.3 Å². The molecule has 1 N–H and O–H groups in total. The minimum atomic E-state index is -1.02. The molecule has 19 heavy (non-hydrogen) atoms. The molecule has 0 saturated carbocycles. The highest BCUT2D eigenvalue weighted by Gasteiger charge is 2.22. The molecule has 1 unspecified atom stereocenters. The van der Waals surface area contributed by atoms with Gasteiger partial charge in [-0.1, -0.05) is 6.07 Å². The second-order valence-corrected chi connectivity index (χ2v) is 4.00. The number of halogens is 3. The van der Waals surface area contributed by atoms with Gasteiger partial charge >= 0.3 is 5.97 Å². The molecule has 0 heterocycles. The molecule has 0 bridgehead atoms. The van der Waals surface area contributed by atoms with Gasteiger partial charge in [0.1, 0.15) is 11.9 Å². The minimum absolute atomic E-state index is 0.0213. The Labute approximate surface area is 113 Å². The largest absolute Gasteiger partial charge is 0.467 e. The Morgan fingerprint density at radius 1 is 1.37 bits per heavy atom. The third kappa shape index (κ3) is 4.48. The molecule has 0 aliphatic heterocycles. The molecule has 0 aromatic heterocycles. The van der Waals surface area contributed by atoms with E-state index in [9.17, 15) is 18.4 Å². The number of carbonyl (C=O) groups is 2. The zero-order valence-corrected chi connectivity index (χ0v) is 10.8. The van der Waals surface area contributed by atoms with Crippen molar-refractivity contribution in [1.29, 1.82) is 0 Å². The van der Waals surface area contributed by atoms with Crippen molar-refractivity contribution < 1.29 is 23.1 Å². The van der Waals surface area contributed by atoms with Crippen LogP contribution in [0.25, 0.3) is 0 Å². The highest BCUT2D eigenvalue weighted by molar-refractivity contribution is 6.27. The van der Waals surface area contributed by atoms with E-state index in [1.54, 1.807) is 0 Å². The summed E-state index contributed by atoms with van der Waals surface area (Å²) >= 11 is 5.32. The first-order valence-corrected chi connectivity index (χ1v) is 5.88. The topological polar surface area (TPSA) is 55.4 Å². The van der Waals surface area contributed by atoms with Crippen LogP contribution in [0.2, 0.25) is 0 Å². The Morgan fingerprint density at radius 3 is 2.58 bits per heavy atom. The Morgan fingerprint density at radius 2 is 2.05 bits per heavy atom. The predicted octanol–water partition coefficient (Wildman–Crippen LogP) is 1.40. The van der Waals surface area contributed by atoms with Gasteiger partial charge in [-0.3, -0.25) is 4.79 Å². The van der Waals surface area contributed by atoms with E-state index in [2.05, 4.69) is 10.1 Å². The number of esters is 1. The van der Waals surface area contributed by atoms with Gasteiger partial charge in [-0.2, -0.15) is 0 Å². The summed E-state index contributed by atoms with van der Waals surface area (Å²) in [5.74, 6) is -3.57. The molecule has 1 aromatic carbocycles. The van der Waals surface area contributed by atoms with Crippen molar-refractivity contribution in [2.75, 3.05) is 13.0 Å². The summed E-state index contributed by atoms with van der Waals surface area (Å²) in [7, 11) is 1.16. The number of hydrogen-bond acceptors (Lipinski definition) is 3. The molecule has 0 fully saturated rings. The lowest BCUT2D eigenvalue weighted by molar-refractivity contribution is -0.144. The summed E-state index contributed by atoms with van der Waals surface area (Å²) < 4.78 is 30.3. The van der Waals surface area contributed by atoms with E-state index < -0.39 is 29.6 Å². The summed E-state index contributed by atoms with van der Waals surface area (Å²) in [4.78, 5) is 22.6. The zero-order chi connectivity index (χ0) is 14.4. The molecule has 1 aromatic rings. The SMILES string of the molecule is COC(=O)C(Cc1ccc(F)c(F)c1)NC(=O)CCl. The molecule has 7 heteroatoms. The number of ether oxygens (including phenoxy) is 1. The molecule has 104 valence electrons. The van der Waals surface area contributed by atoms with E-state index in [4.69, 9.17) is 11.6 Å². The number of alkyl halides is 1. The van der Waals surface area contributed by atoms with Gasteiger partial charge in [0.15, 0.2) is 11.6 Å². The molecule has 0 aliphatic rings. The van der Waals surface area contributed by atoms with Crippen molar-refractivity contribution >= 4 is 23.5 Å². The molecular weight excluding hydrogens is 280 g/mol. The minimum Gasteiger partial charge on any atom is -0.467 e. The van der Waals surface area contributed by atoms with Crippen molar-refractivity contribution in [1.82, 2.24) is 5.32 Å². The van der Waals surface area contributed by atoms with Crippen LogP contribution in [-0.2, 0) is 20.7 Å². The molecule has 1 rings (SSSR count). The molecule has 0 saturated heterocycles. The number of nitrogens with one attached hydrogen (secondary N) is 1. The lowest BCUT2D eigenvalue weighted by Crippen LogP contribution is -2.43. The second-order valence-electron chi connectivity index (χ2n) is 3.73. The van der Waals surface area contributed by atoms with E-state index in [1.807, 2.05) is 0 Å². The predicted molar refractivity (Wildman–Crippen MR) is 64.7 cm³/mol. The fourth-order valence-electron chi connectivity index (χ4n) is 1.47. The number of hydrogen-bond donors (Lipinski definition) is 1. The smallest absolute Gasteiger partial charge is 0.328 e. The standard InChI is InChI=1S/C12H12ClF2NO3/c1-19-12(18)10(16-11(17)6-13)5-7-2-3-8(14)9(15)4-7/h2-4,10H,5-6H2,1H3,(H,16,17). The first kappa shape index (κ1) is 15.4. The Hall–Kier alpha value is -1.69. The van der Waals surface area contributed by atoms with E-state index in [0.29, 0.717) is 5.56 Å². The van der Waals surface area contributed by atoms with Crippen LogP contribution in [-0.4, -0.2) is 30.9 Å². The van der Waals surface area contributed by atoms with Gasteiger partial charge in [0.2, 0.25) is 5.91 Å². The lowest BCUT2D eigenvalue weighted by Gasteiger charge is -2.16. The van der Waals surface area contributed by atoms with Gasteiger partial charge in [0, 0.05) is 6.42 Å². The van der Waals surface area contributed by atoms with Crippen molar-refractivity contribution in [3.05, 3.63) is 35.4 Å². The number of rotatable bonds is 5. The van der Waals surface area contributed by atoms with Crippen LogP contribution in [0.5, 0.6) is 0 Å². The molecule has 1 amide bonds. The third-order valence-corrected chi connectivity index (χ3v) is 2.61. The van der Waals surface area contributed by atoms with Crippen molar-refractivity contribution in [2.24, 2.45) is 0 Å². The number of carbonyl (C=O) groups excluding carboxylic acids is 2.